The fraction of sp³-hybridized carbons (Fsp3) is 0.333. The van der Waals surface area contributed by atoms with Crippen molar-refractivity contribution in [3.05, 3.63) is 63.9 Å². The number of amides is 2. The number of hydrogen-bond donors (Lipinski definition) is 1. The van der Waals surface area contributed by atoms with Gasteiger partial charge < -0.3 is 10.2 Å². The molecule has 2 amide bonds. The van der Waals surface area contributed by atoms with Crippen LogP contribution in [0.1, 0.15) is 36.8 Å². The predicted octanol–water partition coefficient (Wildman–Crippen LogP) is 4.15. The number of carbonyl (C=O) groups excluding carboxylic acids is 2. The van der Waals surface area contributed by atoms with E-state index < -0.39 is 17.7 Å². The zero-order valence-corrected chi connectivity index (χ0v) is 16.5. The number of hydrogen-bond acceptors (Lipinski definition) is 3. The Morgan fingerprint density at radius 2 is 2.14 bits per heavy atom. The molecule has 1 fully saturated rings. The van der Waals surface area contributed by atoms with Gasteiger partial charge >= 0.3 is 0 Å². The van der Waals surface area contributed by atoms with Crippen LogP contribution in [0.15, 0.2) is 41.8 Å². The summed E-state index contributed by atoms with van der Waals surface area (Å²) in [6, 6.07) is 6.16. The SMILES string of the molecule is CC(C)C[C@H]1C(=O)N[C@@H](c2cccs2)CN1C(=O)C=Cc1ccc(F)cc1F. The van der Waals surface area contributed by atoms with Crippen molar-refractivity contribution in [2.45, 2.75) is 32.4 Å². The van der Waals surface area contributed by atoms with Crippen LogP contribution in [-0.2, 0) is 9.59 Å². The molecule has 2 atom stereocenters. The third-order valence-corrected chi connectivity index (χ3v) is 5.59. The summed E-state index contributed by atoms with van der Waals surface area (Å²) in [6.07, 6.45) is 3.09. The van der Waals surface area contributed by atoms with Crippen molar-refractivity contribution in [3.8, 4) is 0 Å². The summed E-state index contributed by atoms with van der Waals surface area (Å²) in [5.74, 6) is -1.75. The highest BCUT2D eigenvalue weighted by molar-refractivity contribution is 7.10. The van der Waals surface area contributed by atoms with Crippen molar-refractivity contribution < 1.29 is 18.4 Å². The molecular weight excluding hydrogens is 382 g/mol. The first-order valence-electron chi connectivity index (χ1n) is 9.12. The Morgan fingerprint density at radius 3 is 2.79 bits per heavy atom. The van der Waals surface area contributed by atoms with E-state index in [9.17, 15) is 18.4 Å². The first kappa shape index (κ1) is 20.2. The number of nitrogens with one attached hydrogen (secondary N) is 1. The van der Waals surface area contributed by atoms with Gasteiger partial charge in [0.05, 0.1) is 6.04 Å². The van der Waals surface area contributed by atoms with Crippen molar-refractivity contribution >= 4 is 29.2 Å². The lowest BCUT2D eigenvalue weighted by atomic mass is 9.97. The number of rotatable bonds is 5. The number of piperazine rings is 1. The Balaban J connectivity index is 1.83. The second kappa shape index (κ2) is 8.65. The fourth-order valence-electron chi connectivity index (χ4n) is 3.25. The van der Waals surface area contributed by atoms with E-state index in [2.05, 4.69) is 5.32 Å². The average molecular weight is 404 g/mol. The zero-order valence-electron chi connectivity index (χ0n) is 15.7. The summed E-state index contributed by atoms with van der Waals surface area (Å²) in [7, 11) is 0. The molecule has 1 saturated heterocycles. The van der Waals surface area contributed by atoms with Crippen LogP contribution in [0.3, 0.4) is 0 Å². The largest absolute Gasteiger partial charge is 0.345 e. The second-order valence-corrected chi connectivity index (χ2v) is 8.19. The normalized spacial score (nSPS) is 20.0. The quantitative estimate of drug-likeness (QED) is 0.761. The second-order valence-electron chi connectivity index (χ2n) is 7.21. The lowest BCUT2D eigenvalue weighted by Gasteiger charge is -2.39. The smallest absolute Gasteiger partial charge is 0.247 e. The van der Waals surface area contributed by atoms with E-state index in [0.29, 0.717) is 13.0 Å². The molecule has 148 valence electrons. The van der Waals surface area contributed by atoms with E-state index >= 15 is 0 Å². The molecule has 2 aromatic rings. The van der Waals surface area contributed by atoms with E-state index in [1.165, 1.54) is 29.6 Å². The van der Waals surface area contributed by atoms with Gasteiger partial charge in [-0.3, -0.25) is 9.59 Å². The van der Waals surface area contributed by atoms with Gasteiger partial charge in [0.2, 0.25) is 11.8 Å². The van der Waals surface area contributed by atoms with Gasteiger partial charge in [-0.2, -0.15) is 0 Å². The van der Waals surface area contributed by atoms with Gasteiger partial charge in [0, 0.05) is 29.1 Å². The number of thiophene rings is 1. The summed E-state index contributed by atoms with van der Waals surface area (Å²) in [6.45, 7) is 4.33. The molecule has 0 radical (unpaired) electrons. The van der Waals surface area contributed by atoms with Gasteiger partial charge in [-0.15, -0.1) is 11.3 Å². The molecule has 1 N–H and O–H groups in total. The fourth-order valence-corrected chi connectivity index (χ4v) is 4.02. The van der Waals surface area contributed by atoms with Crippen molar-refractivity contribution in [3.63, 3.8) is 0 Å². The van der Waals surface area contributed by atoms with Crippen LogP contribution in [-0.4, -0.2) is 29.3 Å². The molecule has 0 spiro atoms. The van der Waals surface area contributed by atoms with E-state index in [1.807, 2.05) is 31.4 Å². The Hall–Kier alpha value is -2.54. The molecule has 2 heterocycles. The van der Waals surface area contributed by atoms with Gasteiger partial charge in [0.25, 0.3) is 0 Å². The van der Waals surface area contributed by atoms with Crippen LogP contribution in [0.2, 0.25) is 0 Å². The topological polar surface area (TPSA) is 49.4 Å². The number of carbonyl (C=O) groups is 2. The molecule has 0 saturated carbocycles. The highest BCUT2D eigenvalue weighted by Crippen LogP contribution is 2.27. The molecule has 1 aromatic carbocycles. The molecule has 7 heteroatoms. The van der Waals surface area contributed by atoms with Crippen LogP contribution < -0.4 is 5.32 Å². The standard InChI is InChI=1S/C21H22F2N2O2S/c1-13(2)10-18-21(27)24-17(19-4-3-9-28-19)12-25(18)20(26)8-6-14-5-7-15(22)11-16(14)23/h3-9,11,13,17-18H,10,12H2,1-2H3,(H,24,27)/t17-,18+/m1/s1. The Labute approximate surface area is 166 Å². The van der Waals surface area contributed by atoms with Crippen molar-refractivity contribution in [2.24, 2.45) is 5.92 Å². The summed E-state index contributed by atoms with van der Waals surface area (Å²) in [5.41, 5.74) is 0.117. The highest BCUT2D eigenvalue weighted by Gasteiger charge is 2.37. The zero-order chi connectivity index (χ0) is 20.3. The third kappa shape index (κ3) is 4.65. The summed E-state index contributed by atoms with van der Waals surface area (Å²) in [5, 5.41) is 4.92. The number of benzene rings is 1. The monoisotopic (exact) mass is 404 g/mol. The molecule has 0 unspecified atom stereocenters. The predicted molar refractivity (Wildman–Crippen MR) is 106 cm³/mol. The molecule has 3 rings (SSSR count). The first-order chi connectivity index (χ1) is 13.3. The minimum Gasteiger partial charge on any atom is -0.345 e. The maximum absolute atomic E-state index is 13.8. The van der Waals surface area contributed by atoms with Gasteiger partial charge in [-0.25, -0.2) is 8.78 Å². The molecule has 1 aliphatic heterocycles. The van der Waals surface area contributed by atoms with Crippen LogP contribution in [0, 0.1) is 17.6 Å². The molecule has 0 aliphatic carbocycles. The minimum absolute atomic E-state index is 0.117. The summed E-state index contributed by atoms with van der Waals surface area (Å²) < 4.78 is 26.9. The maximum Gasteiger partial charge on any atom is 0.247 e. The first-order valence-corrected chi connectivity index (χ1v) is 10.0. The van der Waals surface area contributed by atoms with Crippen molar-refractivity contribution in [1.82, 2.24) is 10.2 Å². The number of nitrogens with zero attached hydrogens (tertiary/aromatic N) is 1. The van der Waals surface area contributed by atoms with E-state index in [-0.39, 0.29) is 29.3 Å². The molecule has 28 heavy (non-hydrogen) atoms. The van der Waals surface area contributed by atoms with E-state index in [0.717, 1.165) is 17.0 Å². The minimum atomic E-state index is -0.740. The molecule has 0 bridgehead atoms. The maximum atomic E-state index is 13.8. The molecule has 1 aliphatic rings. The highest BCUT2D eigenvalue weighted by atomic mass is 32.1. The summed E-state index contributed by atoms with van der Waals surface area (Å²) >= 11 is 1.52. The van der Waals surface area contributed by atoms with Crippen LogP contribution in [0.25, 0.3) is 6.08 Å². The van der Waals surface area contributed by atoms with Gasteiger partial charge in [0.1, 0.15) is 17.7 Å². The Morgan fingerprint density at radius 1 is 1.36 bits per heavy atom. The lowest BCUT2D eigenvalue weighted by Crippen LogP contribution is -2.58. The number of halogens is 2. The summed E-state index contributed by atoms with van der Waals surface area (Å²) in [4.78, 5) is 28.1. The van der Waals surface area contributed by atoms with Gasteiger partial charge in [-0.1, -0.05) is 19.9 Å². The van der Waals surface area contributed by atoms with Gasteiger partial charge in [0.15, 0.2) is 0 Å². The lowest BCUT2D eigenvalue weighted by molar-refractivity contribution is -0.142. The van der Waals surface area contributed by atoms with Crippen LogP contribution in [0.5, 0.6) is 0 Å². The molecule has 4 nitrogen and oxygen atoms in total. The molecule has 1 aromatic heterocycles. The Bertz CT molecular complexity index is 881. The average Bonchev–Trinajstić information content (AvgIpc) is 3.16. The third-order valence-electron chi connectivity index (χ3n) is 4.61. The van der Waals surface area contributed by atoms with Gasteiger partial charge in [-0.05, 0) is 42.0 Å². The molecular formula is C21H22F2N2O2S. The van der Waals surface area contributed by atoms with E-state index in [1.54, 1.807) is 4.90 Å². The van der Waals surface area contributed by atoms with Crippen LogP contribution >= 0.6 is 11.3 Å². The Kier molecular flexibility index (Phi) is 6.24. The van der Waals surface area contributed by atoms with Crippen LogP contribution in [0.4, 0.5) is 8.78 Å². The van der Waals surface area contributed by atoms with E-state index in [4.69, 9.17) is 0 Å². The van der Waals surface area contributed by atoms with Crippen molar-refractivity contribution in [1.29, 1.82) is 0 Å². The van der Waals surface area contributed by atoms with Crippen molar-refractivity contribution in [2.75, 3.05) is 6.54 Å².